The first-order chi connectivity index (χ1) is 7.09. The van der Waals surface area contributed by atoms with Crippen LogP contribution in [-0.4, -0.2) is 5.11 Å². The Labute approximate surface area is 85.8 Å². The summed E-state index contributed by atoms with van der Waals surface area (Å²) < 4.78 is 26.2. The van der Waals surface area contributed by atoms with Gasteiger partial charge in [-0.05, 0) is 19.3 Å². The largest absolute Gasteiger partial charge is 0.507 e. The minimum absolute atomic E-state index is 0.0577. The molecule has 0 unspecified atom stereocenters. The third-order valence-corrected chi connectivity index (χ3v) is 2.93. The van der Waals surface area contributed by atoms with E-state index in [0.29, 0.717) is 18.9 Å². The molecule has 0 bridgehead atoms. The topological polar surface area (TPSA) is 44.0 Å². The standard InChI is InChI=1S/C11H9F2NO/c12-7-4-8(13)10(9(15)5-7)11(6-14)2-1-3-11/h4-5,15H,1-3H2. The third kappa shape index (κ3) is 1.35. The predicted octanol–water partition coefficient (Wildman–Crippen LogP) is 2.62. The quantitative estimate of drug-likeness (QED) is 0.772. The molecule has 0 radical (unpaired) electrons. The average molecular weight is 209 g/mol. The maximum absolute atomic E-state index is 13.5. The number of aromatic hydroxyl groups is 1. The predicted molar refractivity (Wildman–Crippen MR) is 49.2 cm³/mol. The van der Waals surface area contributed by atoms with E-state index < -0.39 is 22.8 Å². The van der Waals surface area contributed by atoms with E-state index in [1.54, 1.807) is 0 Å². The lowest BCUT2D eigenvalue weighted by Crippen LogP contribution is -2.33. The highest BCUT2D eigenvalue weighted by Crippen LogP contribution is 2.47. The molecule has 1 N–H and O–H groups in total. The summed E-state index contributed by atoms with van der Waals surface area (Å²) in [5.74, 6) is -2.14. The molecule has 78 valence electrons. The van der Waals surface area contributed by atoms with Gasteiger partial charge in [0.1, 0.15) is 17.4 Å². The fraction of sp³-hybridized carbons (Fsp3) is 0.364. The molecular formula is C11H9F2NO. The van der Waals surface area contributed by atoms with Crippen molar-refractivity contribution in [3.63, 3.8) is 0 Å². The van der Waals surface area contributed by atoms with E-state index in [2.05, 4.69) is 0 Å². The number of nitriles is 1. The van der Waals surface area contributed by atoms with Gasteiger partial charge >= 0.3 is 0 Å². The van der Waals surface area contributed by atoms with Gasteiger partial charge in [0.15, 0.2) is 0 Å². The Morgan fingerprint density at radius 3 is 2.40 bits per heavy atom. The van der Waals surface area contributed by atoms with Crippen molar-refractivity contribution in [1.29, 1.82) is 5.26 Å². The zero-order valence-corrected chi connectivity index (χ0v) is 7.93. The van der Waals surface area contributed by atoms with Gasteiger partial charge in [0, 0.05) is 12.1 Å². The number of hydrogen-bond donors (Lipinski definition) is 1. The van der Waals surface area contributed by atoms with E-state index in [4.69, 9.17) is 5.26 Å². The summed E-state index contributed by atoms with van der Waals surface area (Å²) in [6.45, 7) is 0. The summed E-state index contributed by atoms with van der Waals surface area (Å²) in [6, 6.07) is 3.55. The van der Waals surface area contributed by atoms with E-state index in [-0.39, 0.29) is 5.56 Å². The molecule has 0 aromatic heterocycles. The maximum atomic E-state index is 13.5. The van der Waals surface area contributed by atoms with Crippen molar-refractivity contribution in [2.24, 2.45) is 0 Å². The Bertz CT molecular complexity index is 423. The highest BCUT2D eigenvalue weighted by Gasteiger charge is 2.43. The number of phenols is 1. The molecule has 2 nitrogen and oxygen atoms in total. The zero-order valence-electron chi connectivity index (χ0n) is 7.93. The minimum Gasteiger partial charge on any atom is -0.507 e. The lowest BCUT2D eigenvalue weighted by Gasteiger charge is -2.36. The lowest BCUT2D eigenvalue weighted by atomic mass is 9.65. The van der Waals surface area contributed by atoms with Gasteiger partial charge in [0.25, 0.3) is 0 Å². The molecule has 0 aliphatic heterocycles. The molecule has 2 rings (SSSR count). The monoisotopic (exact) mass is 209 g/mol. The number of phenolic OH excluding ortho intramolecular Hbond substituents is 1. The van der Waals surface area contributed by atoms with Crippen molar-refractivity contribution < 1.29 is 13.9 Å². The Morgan fingerprint density at radius 1 is 1.33 bits per heavy atom. The van der Waals surface area contributed by atoms with Crippen LogP contribution in [-0.2, 0) is 5.41 Å². The molecule has 0 saturated heterocycles. The van der Waals surface area contributed by atoms with Gasteiger partial charge in [-0.25, -0.2) is 8.78 Å². The summed E-state index contributed by atoms with van der Waals surface area (Å²) in [4.78, 5) is 0. The van der Waals surface area contributed by atoms with E-state index in [1.165, 1.54) is 0 Å². The second-order valence-electron chi connectivity index (χ2n) is 3.83. The SMILES string of the molecule is N#CC1(c2c(O)cc(F)cc2F)CCC1. The first-order valence-corrected chi connectivity index (χ1v) is 4.69. The van der Waals surface area contributed by atoms with Crippen molar-refractivity contribution in [2.45, 2.75) is 24.7 Å². The van der Waals surface area contributed by atoms with E-state index in [9.17, 15) is 13.9 Å². The number of rotatable bonds is 1. The fourth-order valence-corrected chi connectivity index (χ4v) is 1.98. The van der Waals surface area contributed by atoms with Crippen LogP contribution in [0.5, 0.6) is 5.75 Å². The summed E-state index contributed by atoms with van der Waals surface area (Å²) in [7, 11) is 0. The Balaban J connectivity index is 2.58. The molecular weight excluding hydrogens is 200 g/mol. The van der Waals surface area contributed by atoms with Gasteiger partial charge in [-0.2, -0.15) is 5.26 Å². The highest BCUT2D eigenvalue weighted by molar-refractivity contribution is 5.45. The summed E-state index contributed by atoms with van der Waals surface area (Å²) in [5, 5.41) is 18.5. The fourth-order valence-electron chi connectivity index (χ4n) is 1.98. The summed E-state index contributed by atoms with van der Waals surface area (Å²) in [6.07, 6.45) is 1.85. The molecule has 1 aromatic rings. The van der Waals surface area contributed by atoms with Crippen LogP contribution in [0.1, 0.15) is 24.8 Å². The van der Waals surface area contributed by atoms with E-state index in [1.807, 2.05) is 6.07 Å². The molecule has 1 fully saturated rings. The molecule has 1 saturated carbocycles. The maximum Gasteiger partial charge on any atom is 0.134 e. The average Bonchev–Trinajstić information content (AvgIpc) is 2.07. The van der Waals surface area contributed by atoms with Gasteiger partial charge in [0.05, 0.1) is 17.0 Å². The highest BCUT2D eigenvalue weighted by atomic mass is 19.1. The van der Waals surface area contributed by atoms with Crippen LogP contribution in [0.4, 0.5) is 8.78 Å². The molecule has 0 amide bonds. The van der Waals surface area contributed by atoms with Gasteiger partial charge in [-0.15, -0.1) is 0 Å². The van der Waals surface area contributed by atoms with Crippen LogP contribution in [0.25, 0.3) is 0 Å². The smallest absolute Gasteiger partial charge is 0.134 e. The normalized spacial score (nSPS) is 17.9. The first kappa shape index (κ1) is 9.91. The summed E-state index contributed by atoms with van der Waals surface area (Å²) in [5.41, 5.74) is -1.01. The second kappa shape index (κ2) is 3.20. The Morgan fingerprint density at radius 2 is 2.00 bits per heavy atom. The van der Waals surface area contributed by atoms with Crippen LogP contribution in [0.2, 0.25) is 0 Å². The van der Waals surface area contributed by atoms with E-state index >= 15 is 0 Å². The van der Waals surface area contributed by atoms with Crippen LogP contribution in [0.3, 0.4) is 0 Å². The van der Waals surface area contributed by atoms with Crippen LogP contribution in [0.15, 0.2) is 12.1 Å². The van der Waals surface area contributed by atoms with Crippen molar-refractivity contribution in [3.8, 4) is 11.8 Å². The first-order valence-electron chi connectivity index (χ1n) is 4.69. The third-order valence-electron chi connectivity index (χ3n) is 2.93. The number of hydrogen-bond acceptors (Lipinski definition) is 2. The molecule has 1 aliphatic carbocycles. The lowest BCUT2D eigenvalue weighted by molar-refractivity contribution is 0.298. The number of benzene rings is 1. The Kier molecular flexibility index (Phi) is 2.11. The molecule has 0 spiro atoms. The minimum atomic E-state index is -0.956. The van der Waals surface area contributed by atoms with Crippen LogP contribution >= 0.6 is 0 Å². The summed E-state index contributed by atoms with van der Waals surface area (Å²) >= 11 is 0. The van der Waals surface area contributed by atoms with Crippen LogP contribution < -0.4 is 0 Å². The van der Waals surface area contributed by atoms with Gasteiger partial charge < -0.3 is 5.11 Å². The molecule has 0 heterocycles. The number of nitrogens with zero attached hydrogens (tertiary/aromatic N) is 1. The van der Waals surface area contributed by atoms with Gasteiger partial charge in [-0.1, -0.05) is 0 Å². The number of halogens is 2. The second-order valence-corrected chi connectivity index (χ2v) is 3.83. The zero-order chi connectivity index (χ0) is 11.1. The van der Waals surface area contributed by atoms with Crippen molar-refractivity contribution in [3.05, 3.63) is 29.3 Å². The van der Waals surface area contributed by atoms with Gasteiger partial charge in [-0.3, -0.25) is 0 Å². The van der Waals surface area contributed by atoms with E-state index in [0.717, 1.165) is 12.5 Å². The van der Waals surface area contributed by atoms with Crippen LogP contribution in [0, 0.1) is 23.0 Å². The molecule has 1 aromatic carbocycles. The van der Waals surface area contributed by atoms with Crippen molar-refractivity contribution in [1.82, 2.24) is 0 Å². The molecule has 1 aliphatic rings. The molecule has 15 heavy (non-hydrogen) atoms. The van der Waals surface area contributed by atoms with Crippen molar-refractivity contribution in [2.75, 3.05) is 0 Å². The molecule has 0 atom stereocenters. The molecule has 4 heteroatoms. The van der Waals surface area contributed by atoms with Crippen molar-refractivity contribution >= 4 is 0 Å². The van der Waals surface area contributed by atoms with Gasteiger partial charge in [0.2, 0.25) is 0 Å². The Hall–Kier alpha value is -1.63.